The van der Waals surface area contributed by atoms with E-state index in [1.165, 1.54) is 86.7 Å². The van der Waals surface area contributed by atoms with E-state index < -0.39 is 0 Å². The maximum atomic E-state index is 6.52. The largest absolute Gasteiger partial charge is 0.493 e. The minimum absolute atomic E-state index is 0.372. The Morgan fingerprint density at radius 1 is 0.953 bits per heavy atom. The number of piperidine rings is 2. The van der Waals surface area contributed by atoms with Gasteiger partial charge in [0.05, 0.1) is 13.7 Å². The monoisotopic (exact) mass is 586 g/mol. The summed E-state index contributed by atoms with van der Waals surface area (Å²) in [6, 6.07) is 8.77. The molecule has 2 aliphatic heterocycles. The lowest BCUT2D eigenvalue weighted by Crippen LogP contribution is -2.45. The third-order valence-electron chi connectivity index (χ3n) is 11.1. The summed E-state index contributed by atoms with van der Waals surface area (Å²) in [7, 11) is 6.27. The molecule has 0 radical (unpaired) electrons. The Morgan fingerprint density at radius 2 is 1.70 bits per heavy atom. The van der Waals surface area contributed by atoms with Gasteiger partial charge in [0.1, 0.15) is 11.5 Å². The maximum Gasteiger partial charge on any atom is 0.161 e. The van der Waals surface area contributed by atoms with Gasteiger partial charge in [-0.25, -0.2) is 0 Å². The minimum atomic E-state index is 0.372. The summed E-state index contributed by atoms with van der Waals surface area (Å²) in [5.41, 5.74) is 5.96. The molecule has 6 rings (SSSR count). The highest BCUT2D eigenvalue weighted by Crippen LogP contribution is 2.54. The molecule has 5 heteroatoms. The molecule has 1 aromatic carbocycles. The molecular weight excluding hydrogens is 532 g/mol. The van der Waals surface area contributed by atoms with E-state index in [1.807, 2.05) is 6.92 Å². The first-order valence-electron chi connectivity index (χ1n) is 17.0. The Kier molecular flexibility index (Phi) is 9.40. The molecule has 0 bridgehead atoms. The van der Waals surface area contributed by atoms with Gasteiger partial charge in [0.25, 0.3) is 0 Å². The number of ether oxygens (including phenoxy) is 2. The highest BCUT2D eigenvalue weighted by atomic mass is 16.5. The van der Waals surface area contributed by atoms with Gasteiger partial charge < -0.3 is 23.7 Å². The number of aryl methyl sites for hydroxylation is 1. The van der Waals surface area contributed by atoms with Crippen molar-refractivity contribution < 1.29 is 13.9 Å². The first-order valence-corrected chi connectivity index (χ1v) is 17.0. The summed E-state index contributed by atoms with van der Waals surface area (Å²) >= 11 is 0. The molecule has 234 valence electrons. The van der Waals surface area contributed by atoms with Crippen LogP contribution < -0.4 is 9.47 Å². The number of benzene rings is 1. The fourth-order valence-corrected chi connectivity index (χ4v) is 8.14. The van der Waals surface area contributed by atoms with Crippen molar-refractivity contribution in [2.45, 2.75) is 84.0 Å². The van der Waals surface area contributed by atoms with Crippen molar-refractivity contribution in [2.75, 3.05) is 54.0 Å². The van der Waals surface area contributed by atoms with Gasteiger partial charge in [-0.1, -0.05) is 19.4 Å². The molecule has 2 aromatic rings. The average Bonchev–Trinajstić information content (AvgIpc) is 3.42. The van der Waals surface area contributed by atoms with Crippen molar-refractivity contribution in [2.24, 2.45) is 17.3 Å². The SMILES string of the molecule is COc1cc2c(cc1OCC1CCN(C)CC1)C(C)C/C=C(c1ccc(C)o1)/C=C\2CCCC1CC2(CCN(C)CC2)C1. The summed E-state index contributed by atoms with van der Waals surface area (Å²) in [6.07, 6.45) is 17.4. The Hall–Kier alpha value is -2.50. The number of rotatable bonds is 9. The van der Waals surface area contributed by atoms with Gasteiger partial charge in [-0.05, 0) is 175 Å². The quantitative estimate of drug-likeness (QED) is 0.294. The van der Waals surface area contributed by atoms with Crippen molar-refractivity contribution in [3.63, 3.8) is 0 Å². The van der Waals surface area contributed by atoms with Crippen molar-refractivity contribution in [1.29, 1.82) is 0 Å². The van der Waals surface area contributed by atoms with E-state index >= 15 is 0 Å². The molecule has 1 spiro atoms. The molecule has 0 amide bonds. The van der Waals surface area contributed by atoms with Crippen molar-refractivity contribution >= 4 is 11.1 Å². The molecule has 5 nitrogen and oxygen atoms in total. The van der Waals surface area contributed by atoms with Crippen LogP contribution >= 0.6 is 0 Å². The van der Waals surface area contributed by atoms with Crippen LogP contribution in [0.3, 0.4) is 0 Å². The number of methoxy groups -OCH3 is 1. The van der Waals surface area contributed by atoms with E-state index in [-0.39, 0.29) is 0 Å². The zero-order chi connectivity index (χ0) is 30.0. The summed E-state index contributed by atoms with van der Waals surface area (Å²) in [4.78, 5) is 4.92. The fourth-order valence-electron chi connectivity index (χ4n) is 8.14. The summed E-state index contributed by atoms with van der Waals surface area (Å²) in [6.45, 7) is 10.0. The second-order valence-corrected chi connectivity index (χ2v) is 14.5. The van der Waals surface area contributed by atoms with Crippen LogP contribution in [0.15, 0.2) is 40.8 Å². The molecule has 0 N–H and O–H groups in total. The summed E-state index contributed by atoms with van der Waals surface area (Å²) < 4.78 is 18.6. The molecule has 1 atom stereocenters. The fraction of sp³-hybridized carbons (Fsp3) is 0.632. The lowest BCUT2D eigenvalue weighted by molar-refractivity contribution is -0.0105. The van der Waals surface area contributed by atoms with E-state index in [0.29, 0.717) is 17.3 Å². The number of fused-ring (bicyclic) bond motifs is 1. The number of likely N-dealkylation sites (tertiary alicyclic amines) is 2. The topological polar surface area (TPSA) is 38.1 Å². The van der Waals surface area contributed by atoms with E-state index in [0.717, 1.165) is 61.5 Å². The first kappa shape index (κ1) is 30.5. The van der Waals surface area contributed by atoms with E-state index in [4.69, 9.17) is 13.9 Å². The molecule has 2 saturated heterocycles. The van der Waals surface area contributed by atoms with Crippen LogP contribution in [-0.4, -0.2) is 63.8 Å². The molecule has 3 heterocycles. The lowest BCUT2D eigenvalue weighted by Gasteiger charge is -2.52. The van der Waals surface area contributed by atoms with Crippen LogP contribution in [0.1, 0.15) is 99.7 Å². The number of hydrogen-bond donors (Lipinski definition) is 0. The van der Waals surface area contributed by atoms with Gasteiger partial charge in [-0.3, -0.25) is 0 Å². The second kappa shape index (κ2) is 13.2. The van der Waals surface area contributed by atoms with Crippen LogP contribution in [0.5, 0.6) is 11.5 Å². The van der Waals surface area contributed by atoms with Crippen LogP contribution in [0.2, 0.25) is 0 Å². The van der Waals surface area contributed by atoms with Crippen molar-refractivity contribution in [1.82, 2.24) is 9.80 Å². The van der Waals surface area contributed by atoms with Gasteiger partial charge in [0.2, 0.25) is 0 Å². The number of furan rings is 1. The Labute approximate surface area is 260 Å². The van der Waals surface area contributed by atoms with E-state index in [1.54, 1.807) is 7.11 Å². The predicted octanol–water partition coefficient (Wildman–Crippen LogP) is 8.58. The van der Waals surface area contributed by atoms with Gasteiger partial charge in [-0.2, -0.15) is 0 Å². The first-order chi connectivity index (χ1) is 20.8. The molecule has 4 aliphatic rings. The van der Waals surface area contributed by atoms with Crippen molar-refractivity contribution in [3.8, 4) is 11.5 Å². The molecule has 3 fully saturated rings. The molecule has 43 heavy (non-hydrogen) atoms. The van der Waals surface area contributed by atoms with Crippen LogP contribution in [0.4, 0.5) is 0 Å². The predicted molar refractivity (Wildman–Crippen MR) is 177 cm³/mol. The van der Waals surface area contributed by atoms with Crippen LogP contribution in [-0.2, 0) is 0 Å². The molecular formula is C38H54N2O3. The third kappa shape index (κ3) is 7.09. The Balaban J connectivity index is 1.21. The highest BCUT2D eigenvalue weighted by molar-refractivity contribution is 5.85. The number of nitrogens with zero attached hydrogens (tertiary/aromatic N) is 2. The van der Waals surface area contributed by atoms with Crippen LogP contribution in [0, 0.1) is 24.2 Å². The maximum absolute atomic E-state index is 6.52. The average molecular weight is 587 g/mol. The summed E-state index contributed by atoms with van der Waals surface area (Å²) in [5, 5.41) is 0. The van der Waals surface area contributed by atoms with Gasteiger partial charge in [0, 0.05) is 5.57 Å². The zero-order valence-electron chi connectivity index (χ0n) is 27.4. The van der Waals surface area contributed by atoms with Gasteiger partial charge >= 0.3 is 0 Å². The minimum Gasteiger partial charge on any atom is -0.493 e. The van der Waals surface area contributed by atoms with Crippen LogP contribution in [0.25, 0.3) is 11.1 Å². The van der Waals surface area contributed by atoms with Gasteiger partial charge in [-0.15, -0.1) is 0 Å². The molecule has 1 unspecified atom stereocenters. The zero-order valence-corrected chi connectivity index (χ0v) is 27.4. The smallest absolute Gasteiger partial charge is 0.161 e. The van der Waals surface area contributed by atoms with Crippen molar-refractivity contribution in [3.05, 3.63) is 59.1 Å². The highest BCUT2D eigenvalue weighted by Gasteiger charge is 2.44. The Morgan fingerprint density at radius 3 is 2.40 bits per heavy atom. The number of allylic oxidation sites excluding steroid dienone is 4. The molecule has 1 aromatic heterocycles. The van der Waals surface area contributed by atoms with E-state index in [2.05, 4.69) is 67.2 Å². The third-order valence-corrected chi connectivity index (χ3v) is 11.1. The second-order valence-electron chi connectivity index (χ2n) is 14.5. The standard InChI is InChI=1S/C38H54N2O3/c1-27-9-11-32(35-12-10-28(2)43-35)21-31(8-6-7-30-24-38(25-30)15-19-40(4)20-16-38)34-23-36(41-5)37(22-33(27)34)42-26-29-13-17-39(3)18-14-29/h10-12,21-23,27,29-30H,6-9,13-20,24-26H2,1-5H3/b31-21-,32-11-. The van der Waals surface area contributed by atoms with Gasteiger partial charge in [0.15, 0.2) is 11.5 Å². The van der Waals surface area contributed by atoms with E-state index in [9.17, 15) is 0 Å². The number of hydrogen-bond acceptors (Lipinski definition) is 5. The Bertz CT molecular complexity index is 1300. The normalized spacial score (nSPS) is 26.0. The molecule has 2 aliphatic carbocycles. The lowest BCUT2D eigenvalue weighted by atomic mass is 9.56. The molecule has 1 saturated carbocycles. The summed E-state index contributed by atoms with van der Waals surface area (Å²) in [5.74, 6) is 5.56.